The second-order valence-electron chi connectivity index (χ2n) is 5.86. The summed E-state index contributed by atoms with van der Waals surface area (Å²) in [5, 5.41) is 3.55. The number of hydrogen-bond acceptors (Lipinski definition) is 6. The highest BCUT2D eigenvalue weighted by atomic mass is 32.1. The van der Waals surface area contributed by atoms with Gasteiger partial charge in [-0.2, -0.15) is 0 Å². The second kappa shape index (κ2) is 9.14. The maximum absolute atomic E-state index is 13.0. The van der Waals surface area contributed by atoms with E-state index < -0.39 is 18.0 Å². The third kappa shape index (κ3) is 4.75. The Labute approximate surface area is 167 Å². The molecule has 1 atom stereocenters. The zero-order chi connectivity index (χ0) is 19.9. The molecule has 1 unspecified atom stereocenters. The smallest absolute Gasteiger partial charge is 0.351 e. The first kappa shape index (κ1) is 19.6. The van der Waals surface area contributed by atoms with Crippen LogP contribution in [-0.2, 0) is 9.53 Å². The molecule has 0 radical (unpaired) electrons. The minimum absolute atomic E-state index is 0.348. The SMILES string of the molecule is CCOc1ccccc1NC(=O)C(OC(=O)c1cnc(C)s1)c1ccccc1. The molecule has 1 heterocycles. The van der Waals surface area contributed by atoms with E-state index in [4.69, 9.17) is 9.47 Å². The Morgan fingerprint density at radius 2 is 1.82 bits per heavy atom. The van der Waals surface area contributed by atoms with Gasteiger partial charge in [0.15, 0.2) is 0 Å². The summed E-state index contributed by atoms with van der Waals surface area (Å²) < 4.78 is 11.1. The Kier molecular flexibility index (Phi) is 6.39. The number of benzene rings is 2. The average Bonchev–Trinajstić information content (AvgIpc) is 3.15. The Morgan fingerprint density at radius 1 is 1.11 bits per heavy atom. The lowest BCUT2D eigenvalue weighted by atomic mass is 10.1. The van der Waals surface area contributed by atoms with E-state index in [1.165, 1.54) is 17.5 Å². The van der Waals surface area contributed by atoms with Gasteiger partial charge in [-0.3, -0.25) is 4.79 Å². The first-order valence-electron chi connectivity index (χ1n) is 8.79. The molecule has 2 aromatic carbocycles. The monoisotopic (exact) mass is 396 g/mol. The minimum Gasteiger partial charge on any atom is -0.492 e. The number of aromatic nitrogens is 1. The van der Waals surface area contributed by atoms with Crippen molar-refractivity contribution in [2.75, 3.05) is 11.9 Å². The molecule has 0 bridgehead atoms. The van der Waals surface area contributed by atoms with E-state index in [0.29, 0.717) is 28.5 Å². The van der Waals surface area contributed by atoms with Crippen LogP contribution < -0.4 is 10.1 Å². The summed E-state index contributed by atoms with van der Waals surface area (Å²) in [4.78, 5) is 29.9. The van der Waals surface area contributed by atoms with Gasteiger partial charge in [0.2, 0.25) is 6.10 Å². The normalized spacial score (nSPS) is 11.5. The number of aryl methyl sites for hydroxylation is 1. The van der Waals surface area contributed by atoms with Gasteiger partial charge in [0, 0.05) is 5.56 Å². The van der Waals surface area contributed by atoms with Gasteiger partial charge in [-0.1, -0.05) is 42.5 Å². The third-order valence-electron chi connectivity index (χ3n) is 3.83. The predicted molar refractivity (Wildman–Crippen MR) is 108 cm³/mol. The number of thiazole rings is 1. The summed E-state index contributed by atoms with van der Waals surface area (Å²) in [5.41, 5.74) is 1.09. The summed E-state index contributed by atoms with van der Waals surface area (Å²) >= 11 is 1.22. The Balaban J connectivity index is 1.85. The van der Waals surface area contributed by atoms with Crippen molar-refractivity contribution in [1.82, 2.24) is 4.98 Å². The standard InChI is InChI=1S/C21H20N2O4S/c1-3-26-17-12-8-7-11-16(17)23-20(24)19(15-9-5-4-6-10-15)27-21(25)18-13-22-14(2)28-18/h4-13,19H,3H2,1-2H3,(H,23,24). The van der Waals surface area contributed by atoms with E-state index in [1.54, 1.807) is 49.4 Å². The van der Waals surface area contributed by atoms with Gasteiger partial charge in [-0.15, -0.1) is 11.3 Å². The number of nitrogens with zero attached hydrogens (tertiary/aromatic N) is 1. The Bertz CT molecular complexity index is 956. The van der Waals surface area contributed by atoms with Crippen LogP contribution in [0.5, 0.6) is 5.75 Å². The number of hydrogen-bond donors (Lipinski definition) is 1. The van der Waals surface area contributed by atoms with Crippen LogP contribution in [0.4, 0.5) is 5.69 Å². The van der Waals surface area contributed by atoms with Gasteiger partial charge in [0.25, 0.3) is 5.91 Å². The van der Waals surface area contributed by atoms with Crippen molar-refractivity contribution in [1.29, 1.82) is 0 Å². The lowest BCUT2D eigenvalue weighted by Crippen LogP contribution is -2.26. The van der Waals surface area contributed by atoms with Gasteiger partial charge >= 0.3 is 5.97 Å². The van der Waals surface area contributed by atoms with Gasteiger partial charge in [0.1, 0.15) is 10.6 Å². The average molecular weight is 396 g/mol. The van der Waals surface area contributed by atoms with Crippen LogP contribution in [0.15, 0.2) is 60.8 Å². The van der Waals surface area contributed by atoms with E-state index in [2.05, 4.69) is 10.3 Å². The van der Waals surface area contributed by atoms with Crippen molar-refractivity contribution >= 4 is 28.9 Å². The number of rotatable bonds is 7. The summed E-state index contributed by atoms with van der Waals surface area (Å²) in [5.74, 6) is -0.504. The third-order valence-corrected chi connectivity index (χ3v) is 4.73. The lowest BCUT2D eigenvalue weighted by molar-refractivity contribution is -0.125. The molecule has 28 heavy (non-hydrogen) atoms. The Hall–Kier alpha value is -3.19. The largest absolute Gasteiger partial charge is 0.492 e. The van der Waals surface area contributed by atoms with Gasteiger partial charge < -0.3 is 14.8 Å². The predicted octanol–water partition coefficient (Wildman–Crippen LogP) is 4.39. The maximum atomic E-state index is 13.0. The second-order valence-corrected chi connectivity index (χ2v) is 7.09. The topological polar surface area (TPSA) is 77.5 Å². The summed E-state index contributed by atoms with van der Waals surface area (Å²) in [6, 6.07) is 16.0. The van der Waals surface area contributed by atoms with E-state index in [9.17, 15) is 9.59 Å². The van der Waals surface area contributed by atoms with Gasteiger partial charge in [0.05, 0.1) is 23.5 Å². The molecular weight excluding hydrogens is 376 g/mol. The number of esters is 1. The summed E-state index contributed by atoms with van der Waals surface area (Å²) in [7, 11) is 0. The maximum Gasteiger partial charge on any atom is 0.351 e. The molecule has 0 aliphatic heterocycles. The molecule has 0 saturated heterocycles. The number of carbonyl (C=O) groups is 2. The zero-order valence-corrected chi connectivity index (χ0v) is 16.4. The van der Waals surface area contributed by atoms with Crippen LogP contribution in [0.3, 0.4) is 0 Å². The van der Waals surface area contributed by atoms with Crippen LogP contribution in [0.25, 0.3) is 0 Å². The van der Waals surface area contributed by atoms with Crippen molar-refractivity contribution in [3.63, 3.8) is 0 Å². The molecule has 0 aliphatic rings. The van der Waals surface area contributed by atoms with Crippen molar-refractivity contribution < 1.29 is 19.1 Å². The van der Waals surface area contributed by atoms with Crippen molar-refractivity contribution in [3.8, 4) is 5.75 Å². The first-order chi connectivity index (χ1) is 13.6. The molecule has 0 saturated carbocycles. The van der Waals surface area contributed by atoms with Crippen LogP contribution in [0.1, 0.15) is 33.3 Å². The summed E-state index contributed by atoms with van der Waals surface area (Å²) in [6.07, 6.45) is 0.345. The number of nitrogens with one attached hydrogen (secondary N) is 1. The molecule has 1 aromatic heterocycles. The van der Waals surface area contributed by atoms with Crippen molar-refractivity contribution in [2.45, 2.75) is 20.0 Å². The molecule has 0 aliphatic carbocycles. The molecule has 1 N–H and O–H groups in total. The van der Waals surface area contributed by atoms with Crippen LogP contribution in [0.2, 0.25) is 0 Å². The van der Waals surface area contributed by atoms with Crippen LogP contribution in [-0.4, -0.2) is 23.5 Å². The fourth-order valence-corrected chi connectivity index (χ4v) is 3.23. The van der Waals surface area contributed by atoms with E-state index in [-0.39, 0.29) is 0 Å². The molecule has 1 amide bonds. The number of carbonyl (C=O) groups excluding carboxylic acids is 2. The highest BCUT2D eigenvalue weighted by molar-refractivity contribution is 7.13. The van der Waals surface area contributed by atoms with E-state index in [0.717, 1.165) is 5.01 Å². The minimum atomic E-state index is -1.11. The van der Waals surface area contributed by atoms with E-state index in [1.807, 2.05) is 19.1 Å². The van der Waals surface area contributed by atoms with Crippen LogP contribution in [0, 0.1) is 6.92 Å². The number of para-hydroxylation sites is 2. The highest BCUT2D eigenvalue weighted by Gasteiger charge is 2.27. The lowest BCUT2D eigenvalue weighted by Gasteiger charge is -2.19. The quantitative estimate of drug-likeness (QED) is 0.600. The van der Waals surface area contributed by atoms with Crippen molar-refractivity contribution in [2.24, 2.45) is 0 Å². The Morgan fingerprint density at radius 3 is 2.50 bits per heavy atom. The molecule has 0 spiro atoms. The fourth-order valence-electron chi connectivity index (χ4n) is 2.57. The van der Waals surface area contributed by atoms with E-state index >= 15 is 0 Å². The van der Waals surface area contributed by atoms with Crippen LogP contribution >= 0.6 is 11.3 Å². The molecule has 3 aromatic rings. The van der Waals surface area contributed by atoms with Crippen molar-refractivity contribution in [3.05, 3.63) is 76.2 Å². The molecule has 3 rings (SSSR count). The molecular formula is C21H20N2O4S. The molecule has 144 valence electrons. The fraction of sp³-hybridized carbons (Fsp3) is 0.190. The first-order valence-corrected chi connectivity index (χ1v) is 9.61. The number of anilines is 1. The highest BCUT2D eigenvalue weighted by Crippen LogP contribution is 2.27. The summed E-state index contributed by atoms with van der Waals surface area (Å²) in [6.45, 7) is 4.13. The molecule has 7 heteroatoms. The zero-order valence-electron chi connectivity index (χ0n) is 15.5. The number of ether oxygens (including phenoxy) is 2. The molecule has 0 fully saturated rings. The van der Waals surface area contributed by atoms with Gasteiger partial charge in [-0.05, 0) is 26.0 Å². The number of amides is 1. The molecule has 6 nitrogen and oxygen atoms in total. The van der Waals surface area contributed by atoms with Gasteiger partial charge in [-0.25, -0.2) is 9.78 Å².